The summed E-state index contributed by atoms with van der Waals surface area (Å²) in [6.07, 6.45) is 4.22. The van der Waals surface area contributed by atoms with Crippen molar-refractivity contribution in [1.29, 1.82) is 0 Å². The zero-order valence-corrected chi connectivity index (χ0v) is 8.36. The number of methoxy groups -OCH3 is 1. The second-order valence-electron chi connectivity index (χ2n) is 3.76. The Morgan fingerprint density at radius 1 is 1.64 bits per heavy atom. The van der Waals surface area contributed by atoms with Crippen molar-refractivity contribution in [3.05, 3.63) is 24.0 Å². The highest BCUT2D eigenvalue weighted by Crippen LogP contribution is 2.41. The third kappa shape index (κ3) is 1.50. The fourth-order valence-corrected chi connectivity index (χ4v) is 1.63. The zero-order chi connectivity index (χ0) is 10.1. The van der Waals surface area contributed by atoms with Gasteiger partial charge in [-0.1, -0.05) is 6.92 Å². The van der Waals surface area contributed by atoms with E-state index in [1.54, 1.807) is 25.6 Å². The Morgan fingerprint density at radius 3 is 2.93 bits per heavy atom. The zero-order valence-electron chi connectivity index (χ0n) is 8.36. The third-order valence-corrected chi connectivity index (χ3v) is 2.71. The van der Waals surface area contributed by atoms with Gasteiger partial charge in [-0.25, -0.2) is 0 Å². The predicted octanol–water partition coefficient (Wildman–Crippen LogP) is 1.93. The van der Waals surface area contributed by atoms with Crippen molar-refractivity contribution in [2.75, 3.05) is 7.11 Å². The number of aromatic nitrogens is 1. The van der Waals surface area contributed by atoms with E-state index in [9.17, 15) is 4.79 Å². The van der Waals surface area contributed by atoms with Crippen molar-refractivity contribution in [1.82, 2.24) is 4.98 Å². The first kappa shape index (κ1) is 9.19. The van der Waals surface area contributed by atoms with Gasteiger partial charge in [0.2, 0.25) is 0 Å². The Kier molecular flexibility index (Phi) is 2.23. The minimum absolute atomic E-state index is 0.169. The molecular weight excluding hydrogens is 178 g/mol. The second-order valence-corrected chi connectivity index (χ2v) is 3.76. The summed E-state index contributed by atoms with van der Waals surface area (Å²) in [5.74, 6) is 1.51. The molecule has 1 aromatic heterocycles. The van der Waals surface area contributed by atoms with Crippen molar-refractivity contribution in [3.63, 3.8) is 0 Å². The molecule has 2 rings (SSSR count). The molecule has 14 heavy (non-hydrogen) atoms. The average Bonchev–Trinajstić information content (AvgIpc) is 2.94. The Bertz CT molecular complexity index is 362. The molecular formula is C11H13NO2. The molecule has 2 unspecified atom stereocenters. The van der Waals surface area contributed by atoms with Crippen LogP contribution < -0.4 is 4.74 Å². The van der Waals surface area contributed by atoms with Crippen LogP contribution in [0.25, 0.3) is 0 Å². The van der Waals surface area contributed by atoms with Gasteiger partial charge in [-0.2, -0.15) is 0 Å². The number of rotatable bonds is 3. The standard InChI is InChI=1S/C11H13NO2/c1-7-5-8(7)11(13)9-6-12-4-3-10(9)14-2/h3-4,6-8H,5H2,1-2H3. The van der Waals surface area contributed by atoms with Crippen LogP contribution in [-0.4, -0.2) is 17.9 Å². The minimum atomic E-state index is 0.169. The fraction of sp³-hybridized carbons (Fsp3) is 0.455. The van der Waals surface area contributed by atoms with Crippen LogP contribution >= 0.6 is 0 Å². The number of ketones is 1. The minimum Gasteiger partial charge on any atom is -0.496 e. The van der Waals surface area contributed by atoms with Gasteiger partial charge in [-0.15, -0.1) is 0 Å². The molecule has 0 aromatic carbocycles. The van der Waals surface area contributed by atoms with Gasteiger partial charge >= 0.3 is 0 Å². The van der Waals surface area contributed by atoms with Gasteiger partial charge in [-0.3, -0.25) is 9.78 Å². The molecule has 3 heteroatoms. The van der Waals surface area contributed by atoms with E-state index in [2.05, 4.69) is 11.9 Å². The van der Waals surface area contributed by atoms with E-state index in [-0.39, 0.29) is 11.7 Å². The molecule has 0 bridgehead atoms. The molecule has 0 spiro atoms. The van der Waals surface area contributed by atoms with Gasteiger partial charge in [0.05, 0.1) is 12.7 Å². The molecule has 1 heterocycles. The number of Topliss-reactive ketones (excluding diaryl/α,β-unsaturated/α-hetero) is 1. The number of ether oxygens (including phenoxy) is 1. The molecule has 0 aliphatic heterocycles. The van der Waals surface area contributed by atoms with E-state index in [1.165, 1.54) is 0 Å². The number of hydrogen-bond donors (Lipinski definition) is 0. The van der Waals surface area contributed by atoms with Crippen LogP contribution in [0, 0.1) is 11.8 Å². The smallest absolute Gasteiger partial charge is 0.171 e. The topological polar surface area (TPSA) is 39.2 Å². The molecule has 2 atom stereocenters. The van der Waals surface area contributed by atoms with Gasteiger partial charge in [0, 0.05) is 18.3 Å². The molecule has 0 saturated heterocycles. The molecule has 0 amide bonds. The summed E-state index contributed by atoms with van der Waals surface area (Å²) >= 11 is 0. The molecule has 1 aliphatic rings. The molecule has 0 radical (unpaired) electrons. The lowest BCUT2D eigenvalue weighted by molar-refractivity contribution is 0.0959. The molecule has 3 nitrogen and oxygen atoms in total. The van der Waals surface area contributed by atoms with E-state index in [0.717, 1.165) is 6.42 Å². The Morgan fingerprint density at radius 2 is 2.36 bits per heavy atom. The summed E-state index contributed by atoms with van der Waals surface area (Å²) in [5.41, 5.74) is 0.615. The van der Waals surface area contributed by atoms with Gasteiger partial charge in [-0.05, 0) is 18.4 Å². The van der Waals surface area contributed by atoms with Gasteiger partial charge in [0.15, 0.2) is 5.78 Å². The lowest BCUT2D eigenvalue weighted by Crippen LogP contribution is -2.05. The third-order valence-electron chi connectivity index (χ3n) is 2.71. The lowest BCUT2D eigenvalue weighted by Gasteiger charge is -2.05. The highest BCUT2D eigenvalue weighted by atomic mass is 16.5. The van der Waals surface area contributed by atoms with Crippen LogP contribution in [-0.2, 0) is 0 Å². The van der Waals surface area contributed by atoms with E-state index in [4.69, 9.17) is 4.74 Å². The highest BCUT2D eigenvalue weighted by Gasteiger charge is 2.40. The summed E-state index contributed by atoms with van der Waals surface area (Å²) < 4.78 is 5.12. The number of carbonyl (C=O) groups is 1. The SMILES string of the molecule is COc1ccncc1C(=O)C1CC1C. The summed E-state index contributed by atoms with van der Waals surface area (Å²) in [5, 5.41) is 0. The molecule has 1 aromatic rings. The maximum absolute atomic E-state index is 11.9. The quantitative estimate of drug-likeness (QED) is 0.685. The first-order valence-corrected chi connectivity index (χ1v) is 4.76. The monoisotopic (exact) mass is 191 g/mol. The summed E-state index contributed by atoms with van der Waals surface area (Å²) in [6.45, 7) is 2.09. The van der Waals surface area contributed by atoms with Crippen molar-refractivity contribution >= 4 is 5.78 Å². The Labute approximate surface area is 83.1 Å². The largest absolute Gasteiger partial charge is 0.496 e. The van der Waals surface area contributed by atoms with Crippen LogP contribution in [0.1, 0.15) is 23.7 Å². The van der Waals surface area contributed by atoms with Crippen LogP contribution in [0.4, 0.5) is 0 Å². The molecule has 1 fully saturated rings. The van der Waals surface area contributed by atoms with E-state index < -0.39 is 0 Å². The number of carbonyl (C=O) groups excluding carboxylic acids is 1. The number of nitrogens with zero attached hydrogens (tertiary/aromatic N) is 1. The van der Waals surface area contributed by atoms with Crippen molar-refractivity contribution in [3.8, 4) is 5.75 Å². The van der Waals surface area contributed by atoms with E-state index in [1.807, 2.05) is 0 Å². The predicted molar refractivity (Wildman–Crippen MR) is 52.4 cm³/mol. The first-order valence-electron chi connectivity index (χ1n) is 4.76. The van der Waals surface area contributed by atoms with Crippen molar-refractivity contribution < 1.29 is 9.53 Å². The van der Waals surface area contributed by atoms with E-state index in [0.29, 0.717) is 17.2 Å². The average molecular weight is 191 g/mol. The number of hydrogen-bond acceptors (Lipinski definition) is 3. The van der Waals surface area contributed by atoms with Crippen molar-refractivity contribution in [2.45, 2.75) is 13.3 Å². The normalized spacial score (nSPS) is 24.4. The summed E-state index contributed by atoms with van der Waals surface area (Å²) in [7, 11) is 1.57. The van der Waals surface area contributed by atoms with Crippen LogP contribution in [0.15, 0.2) is 18.5 Å². The maximum Gasteiger partial charge on any atom is 0.171 e. The van der Waals surface area contributed by atoms with Gasteiger partial charge < -0.3 is 4.74 Å². The van der Waals surface area contributed by atoms with E-state index >= 15 is 0 Å². The molecule has 1 aliphatic carbocycles. The molecule has 74 valence electrons. The van der Waals surface area contributed by atoms with Crippen LogP contribution in [0.5, 0.6) is 5.75 Å². The number of pyridine rings is 1. The second kappa shape index (κ2) is 3.40. The first-order chi connectivity index (χ1) is 6.74. The lowest BCUT2D eigenvalue weighted by atomic mass is 10.1. The van der Waals surface area contributed by atoms with Gasteiger partial charge in [0.1, 0.15) is 5.75 Å². The van der Waals surface area contributed by atoms with Crippen LogP contribution in [0.2, 0.25) is 0 Å². The fourth-order valence-electron chi connectivity index (χ4n) is 1.63. The Hall–Kier alpha value is -1.38. The highest BCUT2D eigenvalue weighted by molar-refractivity contribution is 6.01. The maximum atomic E-state index is 11.9. The molecule has 1 saturated carbocycles. The summed E-state index contributed by atoms with van der Waals surface area (Å²) in [6, 6.07) is 1.72. The summed E-state index contributed by atoms with van der Waals surface area (Å²) in [4.78, 5) is 15.8. The van der Waals surface area contributed by atoms with Crippen LogP contribution in [0.3, 0.4) is 0 Å². The molecule has 0 N–H and O–H groups in total. The Balaban J connectivity index is 2.26. The van der Waals surface area contributed by atoms with Gasteiger partial charge in [0.25, 0.3) is 0 Å². The van der Waals surface area contributed by atoms with Crippen molar-refractivity contribution in [2.24, 2.45) is 11.8 Å².